The molecule has 0 saturated heterocycles. The Morgan fingerprint density at radius 1 is 1.22 bits per heavy atom. The van der Waals surface area contributed by atoms with Crippen LogP contribution in [0.1, 0.15) is 37.8 Å². The molecule has 2 aliphatic carbocycles. The van der Waals surface area contributed by atoms with E-state index in [4.69, 9.17) is 4.52 Å². The molecule has 120 valence electrons. The fourth-order valence-corrected chi connectivity index (χ4v) is 3.04. The number of hydrogen-bond donors (Lipinski definition) is 1. The molecule has 0 aliphatic heterocycles. The van der Waals surface area contributed by atoms with E-state index in [9.17, 15) is 9.59 Å². The van der Waals surface area contributed by atoms with Gasteiger partial charge >= 0.3 is 11.3 Å². The van der Waals surface area contributed by atoms with Crippen LogP contribution < -0.4 is 10.3 Å². The van der Waals surface area contributed by atoms with Crippen LogP contribution in [0.3, 0.4) is 0 Å². The first-order chi connectivity index (χ1) is 11.2. The summed E-state index contributed by atoms with van der Waals surface area (Å²) in [5, 5.41) is 2.64. The van der Waals surface area contributed by atoms with E-state index in [1.54, 1.807) is 4.68 Å². The Labute approximate surface area is 133 Å². The quantitative estimate of drug-likeness (QED) is 0.851. The number of para-hydroxylation sites is 1. The molecule has 0 radical (unpaired) electrons. The third kappa shape index (κ3) is 2.69. The topological polar surface area (TPSA) is 70.2 Å². The highest BCUT2D eigenvalue weighted by atomic mass is 16.5. The Hall–Kier alpha value is -2.37. The van der Waals surface area contributed by atoms with Crippen molar-refractivity contribution < 1.29 is 14.0 Å². The molecule has 4 rings (SSSR count). The molecule has 2 aliphatic rings. The van der Waals surface area contributed by atoms with Gasteiger partial charge in [0.1, 0.15) is 6.54 Å². The standard InChI is InChI=1S/C17H19N3O3/c21-16(12-5-4-6-12)19(13-9-10-13)11-15-17(22)23-18-20(15)14-7-2-1-3-8-14/h1-3,7-8,12-13H,4-6,9-11H2/p+1. The van der Waals surface area contributed by atoms with Crippen LogP contribution in [0.5, 0.6) is 0 Å². The summed E-state index contributed by atoms with van der Waals surface area (Å²) in [6.07, 6.45) is 5.13. The summed E-state index contributed by atoms with van der Waals surface area (Å²) in [4.78, 5) is 26.7. The van der Waals surface area contributed by atoms with Gasteiger partial charge in [-0.25, -0.2) is 4.79 Å². The van der Waals surface area contributed by atoms with Crippen LogP contribution in [0.25, 0.3) is 5.69 Å². The molecule has 0 atom stereocenters. The Bertz CT molecular complexity index is 757. The average molecular weight is 314 g/mol. The Balaban J connectivity index is 1.63. The van der Waals surface area contributed by atoms with Gasteiger partial charge in [-0.2, -0.15) is 0 Å². The van der Waals surface area contributed by atoms with Gasteiger partial charge in [0.2, 0.25) is 11.6 Å². The molecule has 1 aromatic carbocycles. The average Bonchev–Trinajstić information content (AvgIpc) is 3.28. The predicted octanol–water partition coefficient (Wildman–Crippen LogP) is 1.54. The fraction of sp³-hybridized carbons (Fsp3) is 0.471. The lowest BCUT2D eigenvalue weighted by Gasteiger charge is -2.30. The molecule has 23 heavy (non-hydrogen) atoms. The van der Waals surface area contributed by atoms with E-state index in [0.29, 0.717) is 12.2 Å². The molecule has 1 amide bonds. The summed E-state index contributed by atoms with van der Waals surface area (Å²) < 4.78 is 6.61. The maximum atomic E-state index is 12.7. The maximum absolute atomic E-state index is 12.7. The van der Waals surface area contributed by atoms with Crippen LogP contribution in [-0.4, -0.2) is 22.1 Å². The molecule has 6 heteroatoms. The van der Waals surface area contributed by atoms with Crippen molar-refractivity contribution in [2.45, 2.75) is 44.7 Å². The van der Waals surface area contributed by atoms with Gasteiger partial charge in [0.15, 0.2) is 0 Å². The van der Waals surface area contributed by atoms with Crippen molar-refractivity contribution in [3.05, 3.63) is 46.4 Å². The molecule has 1 heterocycles. The van der Waals surface area contributed by atoms with Crippen molar-refractivity contribution >= 4 is 5.91 Å². The van der Waals surface area contributed by atoms with Crippen molar-refractivity contribution in [1.82, 2.24) is 10.2 Å². The fourth-order valence-electron chi connectivity index (χ4n) is 3.04. The van der Waals surface area contributed by atoms with E-state index in [2.05, 4.69) is 5.27 Å². The Morgan fingerprint density at radius 3 is 2.57 bits per heavy atom. The highest BCUT2D eigenvalue weighted by Gasteiger charge is 2.40. The number of nitrogens with one attached hydrogen (secondary N) is 1. The number of rotatable bonds is 5. The molecule has 0 bridgehead atoms. The van der Waals surface area contributed by atoms with Gasteiger partial charge in [-0.1, -0.05) is 24.6 Å². The summed E-state index contributed by atoms with van der Waals surface area (Å²) in [6, 6.07) is 9.78. The highest BCUT2D eigenvalue weighted by Crippen LogP contribution is 2.34. The zero-order valence-electron chi connectivity index (χ0n) is 12.9. The number of aromatic nitrogens is 2. The minimum Gasteiger partial charge on any atom is -0.329 e. The summed E-state index contributed by atoms with van der Waals surface area (Å²) in [6.45, 7) is 0.306. The van der Waals surface area contributed by atoms with Crippen molar-refractivity contribution in [3.63, 3.8) is 0 Å². The minimum atomic E-state index is -0.416. The van der Waals surface area contributed by atoms with Gasteiger partial charge in [-0.15, -0.1) is 0 Å². The lowest BCUT2D eigenvalue weighted by atomic mass is 9.84. The van der Waals surface area contributed by atoms with Crippen LogP contribution in [0.4, 0.5) is 0 Å². The van der Waals surface area contributed by atoms with Crippen molar-refractivity contribution in [2.24, 2.45) is 5.92 Å². The summed E-state index contributed by atoms with van der Waals surface area (Å²) in [5.74, 6) is 0.339. The number of nitrogens with zero attached hydrogens (tertiary/aromatic N) is 2. The normalized spacial score (nSPS) is 17.7. The second-order valence-corrected chi connectivity index (χ2v) is 6.42. The molecular weight excluding hydrogens is 294 g/mol. The number of H-pyrrole nitrogens is 1. The first-order valence-electron chi connectivity index (χ1n) is 8.22. The number of benzene rings is 1. The lowest BCUT2D eigenvalue weighted by molar-refractivity contribution is -0.678. The lowest BCUT2D eigenvalue weighted by Crippen LogP contribution is -2.46. The number of carbonyl (C=O) groups excluding carboxylic acids is 1. The number of aromatic amines is 1. The van der Waals surface area contributed by atoms with E-state index in [1.165, 1.54) is 0 Å². The monoisotopic (exact) mass is 314 g/mol. The van der Waals surface area contributed by atoms with E-state index in [0.717, 1.165) is 37.8 Å². The maximum Gasteiger partial charge on any atom is 0.432 e. The van der Waals surface area contributed by atoms with Gasteiger partial charge < -0.3 is 4.90 Å². The van der Waals surface area contributed by atoms with E-state index in [-0.39, 0.29) is 17.9 Å². The Kier molecular flexibility index (Phi) is 3.52. The SMILES string of the molecule is O=C(C1CCC1)N(Cc1c(=O)o[nH][n+]1-c1ccccc1)C1CC1. The van der Waals surface area contributed by atoms with Crippen LogP contribution in [-0.2, 0) is 11.3 Å². The van der Waals surface area contributed by atoms with E-state index < -0.39 is 5.63 Å². The van der Waals surface area contributed by atoms with Gasteiger partial charge in [0, 0.05) is 24.1 Å². The molecule has 6 nitrogen and oxygen atoms in total. The molecule has 2 saturated carbocycles. The zero-order valence-corrected chi connectivity index (χ0v) is 12.9. The van der Waals surface area contributed by atoms with Crippen LogP contribution >= 0.6 is 0 Å². The molecule has 2 fully saturated rings. The third-order valence-corrected chi connectivity index (χ3v) is 4.79. The van der Waals surface area contributed by atoms with E-state index >= 15 is 0 Å². The summed E-state index contributed by atoms with van der Waals surface area (Å²) >= 11 is 0. The Morgan fingerprint density at radius 2 is 1.96 bits per heavy atom. The molecule has 1 N–H and O–H groups in total. The van der Waals surface area contributed by atoms with Gasteiger partial charge in [-0.3, -0.25) is 9.32 Å². The molecule has 1 aromatic heterocycles. The largest absolute Gasteiger partial charge is 0.432 e. The minimum absolute atomic E-state index is 0.145. The number of hydrogen-bond acceptors (Lipinski definition) is 3. The predicted molar refractivity (Wildman–Crippen MR) is 81.8 cm³/mol. The number of carbonyl (C=O) groups is 1. The van der Waals surface area contributed by atoms with Crippen LogP contribution in [0.15, 0.2) is 39.6 Å². The van der Waals surface area contributed by atoms with Crippen molar-refractivity contribution in [1.29, 1.82) is 0 Å². The van der Waals surface area contributed by atoms with Crippen molar-refractivity contribution in [3.8, 4) is 5.69 Å². The van der Waals surface area contributed by atoms with Gasteiger partial charge in [-0.05, 0) is 35.6 Å². The summed E-state index contributed by atoms with van der Waals surface area (Å²) in [7, 11) is 0. The summed E-state index contributed by atoms with van der Waals surface area (Å²) in [5.41, 5.74) is 0.872. The molecule has 2 aromatic rings. The van der Waals surface area contributed by atoms with Gasteiger partial charge in [0.05, 0.1) is 0 Å². The third-order valence-electron chi connectivity index (χ3n) is 4.79. The van der Waals surface area contributed by atoms with Crippen LogP contribution in [0.2, 0.25) is 0 Å². The second kappa shape index (κ2) is 5.68. The van der Waals surface area contributed by atoms with Crippen LogP contribution in [0, 0.1) is 5.92 Å². The zero-order chi connectivity index (χ0) is 15.8. The van der Waals surface area contributed by atoms with E-state index in [1.807, 2.05) is 35.2 Å². The second-order valence-electron chi connectivity index (χ2n) is 6.42. The molecule has 0 spiro atoms. The van der Waals surface area contributed by atoms with Gasteiger partial charge in [0.25, 0.3) is 0 Å². The first kappa shape index (κ1) is 14.2. The highest BCUT2D eigenvalue weighted by molar-refractivity contribution is 5.80. The molecular formula is C17H20N3O3+. The number of amides is 1. The molecule has 0 unspecified atom stereocenters. The first-order valence-corrected chi connectivity index (χ1v) is 8.22. The van der Waals surface area contributed by atoms with Crippen molar-refractivity contribution in [2.75, 3.05) is 0 Å². The smallest absolute Gasteiger partial charge is 0.329 e.